The van der Waals surface area contributed by atoms with Crippen molar-refractivity contribution < 1.29 is 14.7 Å². The zero-order valence-corrected chi connectivity index (χ0v) is 12.0. The second-order valence-electron chi connectivity index (χ2n) is 4.94. The average molecular weight is 297 g/mol. The van der Waals surface area contributed by atoms with Crippen LogP contribution in [0.2, 0.25) is 5.02 Å². The number of anilines is 1. The van der Waals surface area contributed by atoms with E-state index in [-0.39, 0.29) is 0 Å². The van der Waals surface area contributed by atoms with Crippen molar-refractivity contribution in [3.63, 3.8) is 0 Å². The molecular formula is C14H17ClN2O3. The smallest absolute Gasteiger partial charge is 0.326 e. The van der Waals surface area contributed by atoms with Gasteiger partial charge in [-0.05, 0) is 43.9 Å². The van der Waals surface area contributed by atoms with Gasteiger partial charge in [0.1, 0.15) is 6.04 Å². The molecule has 0 radical (unpaired) electrons. The zero-order chi connectivity index (χ0) is 14.7. The molecule has 0 aliphatic carbocycles. The predicted octanol–water partition coefficient (Wildman–Crippen LogP) is 3.12. The largest absolute Gasteiger partial charge is 0.480 e. The molecule has 1 saturated heterocycles. The van der Waals surface area contributed by atoms with E-state index in [0.29, 0.717) is 23.7 Å². The zero-order valence-electron chi connectivity index (χ0n) is 11.2. The SMILES string of the molecule is Cc1ccc(NC(=O)N2CCCC[C@H]2C(=O)O)cc1Cl. The third-order valence-electron chi connectivity index (χ3n) is 3.47. The van der Waals surface area contributed by atoms with Gasteiger partial charge in [0.05, 0.1) is 0 Å². The van der Waals surface area contributed by atoms with Crippen LogP contribution in [-0.2, 0) is 4.79 Å². The number of nitrogens with zero attached hydrogens (tertiary/aromatic N) is 1. The van der Waals surface area contributed by atoms with Crippen molar-refractivity contribution in [2.45, 2.75) is 32.2 Å². The number of carboxylic acid groups (broad SMARTS) is 1. The van der Waals surface area contributed by atoms with Crippen LogP contribution >= 0.6 is 11.6 Å². The van der Waals surface area contributed by atoms with Gasteiger partial charge in [0.2, 0.25) is 0 Å². The van der Waals surface area contributed by atoms with E-state index in [9.17, 15) is 9.59 Å². The summed E-state index contributed by atoms with van der Waals surface area (Å²) in [6, 6.07) is 4.08. The Morgan fingerprint density at radius 1 is 1.40 bits per heavy atom. The fourth-order valence-electron chi connectivity index (χ4n) is 2.30. The van der Waals surface area contributed by atoms with E-state index in [2.05, 4.69) is 5.32 Å². The predicted molar refractivity (Wildman–Crippen MR) is 77.2 cm³/mol. The standard InChI is InChI=1S/C14H17ClN2O3/c1-9-5-6-10(8-11(9)15)16-14(20)17-7-3-2-4-12(17)13(18)19/h5-6,8,12H,2-4,7H2,1H3,(H,16,20)(H,18,19)/t12-/m0/s1. The number of hydrogen-bond donors (Lipinski definition) is 2. The number of piperidine rings is 1. The Balaban J connectivity index is 2.09. The fourth-order valence-corrected chi connectivity index (χ4v) is 2.48. The lowest BCUT2D eigenvalue weighted by Gasteiger charge is -2.32. The first kappa shape index (κ1) is 14.7. The monoisotopic (exact) mass is 296 g/mol. The number of carbonyl (C=O) groups excluding carboxylic acids is 1. The first-order valence-electron chi connectivity index (χ1n) is 6.55. The van der Waals surface area contributed by atoms with Gasteiger partial charge in [-0.3, -0.25) is 0 Å². The van der Waals surface area contributed by atoms with Crippen LogP contribution in [0.1, 0.15) is 24.8 Å². The summed E-state index contributed by atoms with van der Waals surface area (Å²) >= 11 is 6.00. The molecule has 1 aliphatic rings. The normalized spacial score (nSPS) is 18.7. The molecule has 1 aromatic rings. The molecule has 0 aromatic heterocycles. The van der Waals surface area contributed by atoms with E-state index < -0.39 is 18.0 Å². The molecule has 0 saturated carbocycles. The third-order valence-corrected chi connectivity index (χ3v) is 3.88. The van der Waals surface area contributed by atoms with E-state index in [1.165, 1.54) is 4.90 Å². The highest BCUT2D eigenvalue weighted by Crippen LogP contribution is 2.22. The number of rotatable bonds is 2. The van der Waals surface area contributed by atoms with Crippen molar-refractivity contribution in [2.24, 2.45) is 0 Å². The van der Waals surface area contributed by atoms with Crippen LogP contribution in [0.3, 0.4) is 0 Å². The molecule has 5 nitrogen and oxygen atoms in total. The van der Waals surface area contributed by atoms with Crippen LogP contribution in [0.4, 0.5) is 10.5 Å². The summed E-state index contributed by atoms with van der Waals surface area (Å²) < 4.78 is 0. The Bertz CT molecular complexity index is 533. The lowest BCUT2D eigenvalue weighted by molar-refractivity contribution is -0.143. The minimum absolute atomic E-state index is 0.392. The first-order valence-corrected chi connectivity index (χ1v) is 6.93. The summed E-state index contributed by atoms with van der Waals surface area (Å²) in [5.41, 5.74) is 1.49. The first-order chi connectivity index (χ1) is 9.49. The number of carbonyl (C=O) groups is 2. The number of aliphatic carboxylic acids is 1. The number of amides is 2. The molecule has 2 amide bonds. The van der Waals surface area contributed by atoms with E-state index in [0.717, 1.165) is 18.4 Å². The lowest BCUT2D eigenvalue weighted by atomic mass is 10.0. The number of likely N-dealkylation sites (tertiary alicyclic amines) is 1. The van der Waals surface area contributed by atoms with Crippen molar-refractivity contribution in [3.8, 4) is 0 Å². The summed E-state index contributed by atoms with van der Waals surface area (Å²) in [6.45, 7) is 2.33. The van der Waals surface area contributed by atoms with Crippen LogP contribution in [0.15, 0.2) is 18.2 Å². The number of halogens is 1. The number of carboxylic acids is 1. The number of nitrogens with one attached hydrogen (secondary N) is 1. The molecule has 1 aliphatic heterocycles. The summed E-state index contributed by atoms with van der Waals surface area (Å²) in [6.07, 6.45) is 2.15. The van der Waals surface area contributed by atoms with Crippen LogP contribution in [0, 0.1) is 6.92 Å². The molecule has 1 heterocycles. The second-order valence-corrected chi connectivity index (χ2v) is 5.34. The topological polar surface area (TPSA) is 69.6 Å². The molecule has 1 fully saturated rings. The van der Waals surface area contributed by atoms with Gasteiger partial charge in [0, 0.05) is 17.3 Å². The maximum absolute atomic E-state index is 12.2. The maximum Gasteiger partial charge on any atom is 0.326 e. The highest BCUT2D eigenvalue weighted by atomic mass is 35.5. The molecular weight excluding hydrogens is 280 g/mol. The van der Waals surface area contributed by atoms with E-state index in [1.807, 2.05) is 13.0 Å². The Morgan fingerprint density at radius 3 is 2.80 bits per heavy atom. The minimum Gasteiger partial charge on any atom is -0.480 e. The maximum atomic E-state index is 12.2. The molecule has 0 spiro atoms. The summed E-state index contributed by atoms with van der Waals surface area (Å²) in [4.78, 5) is 24.7. The van der Waals surface area contributed by atoms with Crippen LogP contribution < -0.4 is 5.32 Å². The number of aryl methyl sites for hydroxylation is 1. The van der Waals surface area contributed by atoms with Crippen molar-refractivity contribution in [1.82, 2.24) is 4.90 Å². The Labute approximate surface area is 122 Å². The highest BCUT2D eigenvalue weighted by Gasteiger charge is 2.31. The summed E-state index contributed by atoms with van der Waals surface area (Å²) in [5, 5.41) is 12.4. The van der Waals surface area contributed by atoms with Gasteiger partial charge in [0.25, 0.3) is 0 Å². The molecule has 0 bridgehead atoms. The van der Waals surface area contributed by atoms with Crippen LogP contribution in [-0.4, -0.2) is 34.6 Å². The third kappa shape index (κ3) is 3.22. The fraction of sp³-hybridized carbons (Fsp3) is 0.429. The molecule has 2 N–H and O–H groups in total. The van der Waals surface area contributed by atoms with Crippen molar-refractivity contribution >= 4 is 29.3 Å². The van der Waals surface area contributed by atoms with Gasteiger partial charge in [-0.2, -0.15) is 0 Å². The Kier molecular flexibility index (Phi) is 4.49. The van der Waals surface area contributed by atoms with E-state index >= 15 is 0 Å². The van der Waals surface area contributed by atoms with Crippen LogP contribution in [0.25, 0.3) is 0 Å². The van der Waals surface area contributed by atoms with Gasteiger partial charge in [-0.1, -0.05) is 17.7 Å². The van der Waals surface area contributed by atoms with Crippen molar-refractivity contribution in [3.05, 3.63) is 28.8 Å². The molecule has 1 aromatic carbocycles. The quantitative estimate of drug-likeness (QED) is 0.881. The molecule has 0 unspecified atom stereocenters. The van der Waals surface area contributed by atoms with Gasteiger partial charge >= 0.3 is 12.0 Å². The molecule has 6 heteroatoms. The lowest BCUT2D eigenvalue weighted by Crippen LogP contribution is -2.49. The van der Waals surface area contributed by atoms with E-state index in [1.54, 1.807) is 12.1 Å². The second kappa shape index (κ2) is 6.13. The molecule has 20 heavy (non-hydrogen) atoms. The van der Waals surface area contributed by atoms with Crippen molar-refractivity contribution in [1.29, 1.82) is 0 Å². The number of benzene rings is 1. The summed E-state index contributed by atoms with van der Waals surface area (Å²) in [5.74, 6) is -0.957. The highest BCUT2D eigenvalue weighted by molar-refractivity contribution is 6.31. The van der Waals surface area contributed by atoms with Gasteiger partial charge in [0.15, 0.2) is 0 Å². The Hall–Kier alpha value is -1.75. The van der Waals surface area contributed by atoms with Gasteiger partial charge < -0.3 is 15.3 Å². The minimum atomic E-state index is -0.957. The van der Waals surface area contributed by atoms with Crippen LogP contribution in [0.5, 0.6) is 0 Å². The molecule has 2 rings (SSSR count). The Morgan fingerprint density at radius 2 is 2.15 bits per heavy atom. The van der Waals surface area contributed by atoms with Crippen molar-refractivity contribution in [2.75, 3.05) is 11.9 Å². The molecule has 1 atom stereocenters. The van der Waals surface area contributed by atoms with Gasteiger partial charge in [-0.25, -0.2) is 9.59 Å². The summed E-state index contributed by atoms with van der Waals surface area (Å²) in [7, 11) is 0. The van der Waals surface area contributed by atoms with Gasteiger partial charge in [-0.15, -0.1) is 0 Å². The number of urea groups is 1. The number of hydrogen-bond acceptors (Lipinski definition) is 2. The van der Waals surface area contributed by atoms with E-state index in [4.69, 9.17) is 16.7 Å². The average Bonchev–Trinajstić information content (AvgIpc) is 2.43. The molecule has 108 valence electrons.